The van der Waals surface area contributed by atoms with Crippen molar-refractivity contribution in [1.29, 1.82) is 0 Å². The molecule has 0 saturated heterocycles. The largest absolute Gasteiger partial charge is 0.382 e. The molecular weight excluding hydrogens is 272 g/mol. The predicted molar refractivity (Wildman–Crippen MR) is 84.2 cm³/mol. The van der Waals surface area contributed by atoms with Crippen LogP contribution in [0.1, 0.15) is 56.6 Å². The number of hydrogen-bond donors (Lipinski definition) is 3. The van der Waals surface area contributed by atoms with Crippen LogP contribution in [0.4, 0.5) is 10.9 Å². The second-order valence-corrected chi connectivity index (χ2v) is 7.66. The van der Waals surface area contributed by atoms with E-state index in [1.54, 1.807) is 0 Å². The molecule has 0 aromatic carbocycles. The number of anilines is 2. The summed E-state index contributed by atoms with van der Waals surface area (Å²) in [5, 5.41) is 6.94. The highest BCUT2D eigenvalue weighted by atomic mass is 32.1. The number of carbonyl (C=O) groups excluding carboxylic acids is 1. The summed E-state index contributed by atoms with van der Waals surface area (Å²) < 4.78 is 0. The second-order valence-electron chi connectivity index (χ2n) is 6.66. The summed E-state index contributed by atoms with van der Waals surface area (Å²) in [5.74, 6) is 0.982. The van der Waals surface area contributed by atoms with Crippen molar-refractivity contribution in [1.82, 2.24) is 10.3 Å². The molecule has 1 unspecified atom stereocenters. The molecule has 5 nitrogen and oxygen atoms in total. The molecule has 4 N–H and O–H groups in total. The Balaban J connectivity index is 1.98. The maximum atomic E-state index is 12.2. The highest BCUT2D eigenvalue weighted by molar-refractivity contribution is 7.18. The van der Waals surface area contributed by atoms with Crippen molar-refractivity contribution in [2.75, 3.05) is 11.1 Å². The molecule has 1 heterocycles. The van der Waals surface area contributed by atoms with E-state index in [0.717, 1.165) is 12.3 Å². The third kappa shape index (κ3) is 4.37. The summed E-state index contributed by atoms with van der Waals surface area (Å²) in [6, 6.07) is 0.190. The fraction of sp³-hybridized carbons (Fsp3) is 0.714. The Morgan fingerprint density at radius 3 is 2.70 bits per heavy atom. The van der Waals surface area contributed by atoms with Gasteiger partial charge in [-0.1, -0.05) is 24.2 Å². The SMILES string of the molecule is CC(CC1CC1)NC(=O)c1sc(NC(C)(C)C)nc1N. The van der Waals surface area contributed by atoms with Crippen LogP contribution in [0.2, 0.25) is 0 Å². The number of nitrogens with one attached hydrogen (secondary N) is 2. The molecule has 1 aliphatic rings. The quantitative estimate of drug-likeness (QED) is 0.780. The van der Waals surface area contributed by atoms with Gasteiger partial charge in [0.25, 0.3) is 5.91 Å². The lowest BCUT2D eigenvalue weighted by Crippen LogP contribution is -2.32. The van der Waals surface area contributed by atoms with E-state index in [0.29, 0.717) is 15.8 Å². The first-order valence-electron chi connectivity index (χ1n) is 7.10. The molecule has 0 aliphatic heterocycles. The molecule has 1 aromatic heterocycles. The Labute approximate surface area is 124 Å². The van der Waals surface area contributed by atoms with E-state index >= 15 is 0 Å². The topological polar surface area (TPSA) is 80.0 Å². The Bertz CT molecular complexity index is 488. The van der Waals surface area contributed by atoms with Crippen molar-refractivity contribution in [2.45, 2.75) is 58.5 Å². The fourth-order valence-electron chi connectivity index (χ4n) is 2.07. The lowest BCUT2D eigenvalue weighted by molar-refractivity contribution is 0.0942. The van der Waals surface area contributed by atoms with Crippen LogP contribution in [0.15, 0.2) is 0 Å². The van der Waals surface area contributed by atoms with Gasteiger partial charge in [0.2, 0.25) is 0 Å². The van der Waals surface area contributed by atoms with Crippen molar-refractivity contribution in [2.24, 2.45) is 5.92 Å². The molecule has 1 amide bonds. The summed E-state index contributed by atoms with van der Waals surface area (Å²) in [4.78, 5) is 16.9. The molecule has 0 spiro atoms. The number of nitrogens with two attached hydrogens (primary N) is 1. The van der Waals surface area contributed by atoms with Gasteiger partial charge in [-0.15, -0.1) is 0 Å². The van der Waals surface area contributed by atoms with Gasteiger partial charge in [0.1, 0.15) is 10.7 Å². The van der Waals surface area contributed by atoms with Gasteiger partial charge >= 0.3 is 0 Å². The fourth-order valence-corrected chi connectivity index (χ4v) is 3.07. The molecule has 0 bridgehead atoms. The molecule has 112 valence electrons. The minimum Gasteiger partial charge on any atom is -0.382 e. The first-order valence-corrected chi connectivity index (χ1v) is 7.91. The van der Waals surface area contributed by atoms with Crippen LogP contribution >= 0.6 is 11.3 Å². The van der Waals surface area contributed by atoms with E-state index in [9.17, 15) is 4.79 Å². The predicted octanol–water partition coefficient (Wildman–Crippen LogP) is 2.85. The monoisotopic (exact) mass is 296 g/mol. The van der Waals surface area contributed by atoms with E-state index in [4.69, 9.17) is 5.73 Å². The van der Waals surface area contributed by atoms with Crippen LogP contribution in [0.25, 0.3) is 0 Å². The third-order valence-electron chi connectivity index (χ3n) is 3.10. The van der Waals surface area contributed by atoms with Gasteiger partial charge in [-0.3, -0.25) is 4.79 Å². The summed E-state index contributed by atoms with van der Waals surface area (Å²) in [6.07, 6.45) is 3.64. The third-order valence-corrected chi connectivity index (χ3v) is 4.09. The lowest BCUT2D eigenvalue weighted by Gasteiger charge is -2.19. The average Bonchev–Trinajstić information content (AvgIpc) is 2.99. The van der Waals surface area contributed by atoms with E-state index in [2.05, 4.69) is 15.6 Å². The van der Waals surface area contributed by atoms with Crippen LogP contribution in [0, 0.1) is 5.92 Å². The minimum atomic E-state index is -0.116. The molecule has 1 saturated carbocycles. The summed E-state index contributed by atoms with van der Waals surface area (Å²) >= 11 is 1.31. The number of amides is 1. The first-order chi connectivity index (χ1) is 9.24. The van der Waals surface area contributed by atoms with Gasteiger partial charge in [0.05, 0.1) is 0 Å². The lowest BCUT2D eigenvalue weighted by atomic mass is 10.1. The molecule has 6 heteroatoms. The number of nitrogen functional groups attached to an aromatic ring is 1. The van der Waals surface area contributed by atoms with Crippen molar-refractivity contribution < 1.29 is 4.79 Å². The Kier molecular flexibility index (Phi) is 4.22. The zero-order valence-corrected chi connectivity index (χ0v) is 13.4. The highest BCUT2D eigenvalue weighted by Crippen LogP contribution is 2.33. The maximum Gasteiger partial charge on any atom is 0.265 e. The number of aromatic nitrogens is 1. The van der Waals surface area contributed by atoms with Crippen molar-refractivity contribution >= 4 is 28.2 Å². The Hall–Kier alpha value is -1.30. The molecular formula is C14H24N4OS. The van der Waals surface area contributed by atoms with Crippen molar-refractivity contribution in [3.8, 4) is 0 Å². The normalized spacial score (nSPS) is 16.8. The van der Waals surface area contributed by atoms with Crippen molar-refractivity contribution in [3.05, 3.63) is 4.88 Å². The van der Waals surface area contributed by atoms with E-state index in [1.165, 1.54) is 24.2 Å². The number of nitrogens with zero attached hydrogens (tertiary/aromatic N) is 1. The second kappa shape index (κ2) is 5.60. The number of carbonyl (C=O) groups is 1. The molecule has 1 aromatic rings. The summed E-state index contributed by atoms with van der Waals surface area (Å²) in [5.41, 5.74) is 5.75. The standard InChI is InChI=1S/C14H24N4OS/c1-8(7-9-5-6-9)16-12(19)10-11(15)17-13(20-10)18-14(2,3)4/h8-9H,5-7,15H2,1-4H3,(H,16,19)(H,17,18). The number of hydrogen-bond acceptors (Lipinski definition) is 5. The molecule has 0 radical (unpaired) electrons. The van der Waals surface area contributed by atoms with Gasteiger partial charge in [0, 0.05) is 11.6 Å². The minimum absolute atomic E-state index is 0.0999. The van der Waals surface area contributed by atoms with E-state index < -0.39 is 0 Å². The van der Waals surface area contributed by atoms with Crippen LogP contribution in [-0.4, -0.2) is 22.5 Å². The van der Waals surface area contributed by atoms with Gasteiger partial charge in [-0.2, -0.15) is 0 Å². The zero-order chi connectivity index (χ0) is 14.9. The van der Waals surface area contributed by atoms with Crippen LogP contribution in [0.3, 0.4) is 0 Å². The molecule has 20 heavy (non-hydrogen) atoms. The van der Waals surface area contributed by atoms with Gasteiger partial charge in [-0.05, 0) is 40.0 Å². The Morgan fingerprint density at radius 2 is 2.15 bits per heavy atom. The van der Waals surface area contributed by atoms with Crippen LogP contribution < -0.4 is 16.4 Å². The number of rotatable bonds is 5. The molecule has 1 aliphatic carbocycles. The molecule has 2 rings (SSSR count). The maximum absolute atomic E-state index is 12.2. The summed E-state index contributed by atoms with van der Waals surface area (Å²) in [6.45, 7) is 8.17. The Morgan fingerprint density at radius 1 is 1.50 bits per heavy atom. The van der Waals surface area contributed by atoms with E-state index in [1.807, 2.05) is 27.7 Å². The smallest absolute Gasteiger partial charge is 0.265 e. The number of thiazole rings is 1. The molecule has 1 fully saturated rings. The first kappa shape index (κ1) is 15.1. The van der Waals surface area contributed by atoms with E-state index in [-0.39, 0.29) is 17.5 Å². The zero-order valence-electron chi connectivity index (χ0n) is 12.6. The van der Waals surface area contributed by atoms with Gasteiger partial charge in [-0.25, -0.2) is 4.98 Å². The average molecular weight is 296 g/mol. The highest BCUT2D eigenvalue weighted by Gasteiger charge is 2.25. The summed E-state index contributed by atoms with van der Waals surface area (Å²) in [7, 11) is 0. The van der Waals surface area contributed by atoms with Crippen LogP contribution in [-0.2, 0) is 0 Å². The van der Waals surface area contributed by atoms with Gasteiger partial charge in [0.15, 0.2) is 5.13 Å². The van der Waals surface area contributed by atoms with Gasteiger partial charge < -0.3 is 16.4 Å². The molecule has 1 atom stereocenters. The van der Waals surface area contributed by atoms with Crippen molar-refractivity contribution in [3.63, 3.8) is 0 Å². The van der Waals surface area contributed by atoms with Crippen LogP contribution in [0.5, 0.6) is 0 Å².